The molecule has 1 aliphatic rings. The number of nitrogen functional groups attached to an aromatic ring is 1. The number of carbonyl (C=O) groups is 2. The molecular weight excluding hydrogens is 342 g/mol. The van der Waals surface area contributed by atoms with Crippen molar-refractivity contribution < 1.29 is 14.7 Å². The third-order valence-corrected chi connectivity index (χ3v) is 5.27. The topological polar surface area (TPSA) is 121 Å². The van der Waals surface area contributed by atoms with Gasteiger partial charge < -0.3 is 21.1 Å². The van der Waals surface area contributed by atoms with Crippen LogP contribution in [0.4, 0.5) is 11.8 Å². The molecule has 9 heteroatoms. The van der Waals surface area contributed by atoms with E-state index in [1.54, 1.807) is 19.9 Å². The highest BCUT2D eigenvalue weighted by Crippen LogP contribution is 2.33. The first-order valence-corrected chi connectivity index (χ1v) is 9.04. The molecule has 0 bridgehead atoms. The smallest absolute Gasteiger partial charge is 0.326 e. The molecule has 134 valence electrons. The standard InChI is InChI=1S/C16H21N5O3S/c1-8(2)11(15(23)24)18-13(22)10-7-9-12(21-5-3-4-6-21)19-16(17)20-14(9)25-10/h7-8,11H,3-6H2,1-2H3,(H,18,22)(H,23,24)(H2,17,19,20). The number of nitrogens with zero attached hydrogens (tertiary/aromatic N) is 3. The summed E-state index contributed by atoms with van der Waals surface area (Å²) in [6.45, 7) is 5.30. The van der Waals surface area contributed by atoms with Gasteiger partial charge in [0, 0.05) is 13.1 Å². The molecule has 0 spiro atoms. The van der Waals surface area contributed by atoms with Crippen LogP contribution in [0.15, 0.2) is 6.07 Å². The minimum atomic E-state index is -1.05. The molecule has 0 aromatic carbocycles. The Balaban J connectivity index is 1.94. The van der Waals surface area contributed by atoms with E-state index in [1.807, 2.05) is 0 Å². The first-order valence-electron chi connectivity index (χ1n) is 8.22. The van der Waals surface area contributed by atoms with E-state index in [0.29, 0.717) is 9.71 Å². The second kappa shape index (κ2) is 6.83. The van der Waals surface area contributed by atoms with Crippen molar-refractivity contribution in [2.24, 2.45) is 5.92 Å². The molecule has 0 saturated carbocycles. The van der Waals surface area contributed by atoms with Crippen LogP contribution in [0.2, 0.25) is 0 Å². The summed E-state index contributed by atoms with van der Waals surface area (Å²) >= 11 is 1.20. The predicted molar refractivity (Wildman–Crippen MR) is 97.0 cm³/mol. The lowest BCUT2D eigenvalue weighted by Crippen LogP contribution is -2.44. The van der Waals surface area contributed by atoms with Crippen LogP contribution in [0.1, 0.15) is 36.4 Å². The molecular formula is C16H21N5O3S. The lowest BCUT2D eigenvalue weighted by atomic mass is 10.0. The maximum atomic E-state index is 12.5. The average molecular weight is 363 g/mol. The van der Waals surface area contributed by atoms with Gasteiger partial charge in [-0.2, -0.15) is 4.98 Å². The number of aliphatic carboxylic acids is 1. The number of amides is 1. The number of carboxylic acids is 1. The van der Waals surface area contributed by atoms with Crippen LogP contribution < -0.4 is 16.0 Å². The van der Waals surface area contributed by atoms with Gasteiger partial charge in [-0.15, -0.1) is 11.3 Å². The summed E-state index contributed by atoms with van der Waals surface area (Å²) in [6, 6.07) is 0.786. The fraction of sp³-hybridized carbons (Fsp3) is 0.500. The Hall–Kier alpha value is -2.42. The molecule has 2 aromatic heterocycles. The highest BCUT2D eigenvalue weighted by atomic mass is 32.1. The fourth-order valence-corrected chi connectivity index (χ4v) is 3.87. The summed E-state index contributed by atoms with van der Waals surface area (Å²) in [5.74, 6) is -0.768. The maximum absolute atomic E-state index is 12.5. The Bertz CT molecular complexity index is 813. The molecule has 1 fully saturated rings. The zero-order chi connectivity index (χ0) is 18.1. The summed E-state index contributed by atoms with van der Waals surface area (Å²) in [4.78, 5) is 35.5. The summed E-state index contributed by atoms with van der Waals surface area (Å²) < 4.78 is 0. The molecule has 3 heterocycles. The van der Waals surface area contributed by atoms with Gasteiger partial charge in [0.15, 0.2) is 0 Å². The summed E-state index contributed by atoms with van der Waals surface area (Å²) in [6.07, 6.45) is 2.19. The largest absolute Gasteiger partial charge is 0.480 e. The Labute approximate surface area is 149 Å². The third kappa shape index (κ3) is 3.51. The van der Waals surface area contributed by atoms with E-state index in [9.17, 15) is 14.7 Å². The summed E-state index contributed by atoms with van der Waals surface area (Å²) in [5, 5.41) is 12.6. The average Bonchev–Trinajstić information content (AvgIpc) is 3.19. The van der Waals surface area contributed by atoms with E-state index in [2.05, 4.69) is 20.2 Å². The molecule has 4 N–H and O–H groups in total. The molecule has 8 nitrogen and oxygen atoms in total. The van der Waals surface area contributed by atoms with E-state index in [0.717, 1.165) is 37.1 Å². The van der Waals surface area contributed by atoms with Gasteiger partial charge in [-0.25, -0.2) is 9.78 Å². The number of anilines is 2. The van der Waals surface area contributed by atoms with Crippen LogP contribution >= 0.6 is 11.3 Å². The third-order valence-electron chi connectivity index (χ3n) is 4.24. The quantitative estimate of drug-likeness (QED) is 0.739. The van der Waals surface area contributed by atoms with Gasteiger partial charge in [0.2, 0.25) is 5.95 Å². The van der Waals surface area contributed by atoms with Crippen LogP contribution in [-0.4, -0.2) is 46.1 Å². The van der Waals surface area contributed by atoms with E-state index in [1.165, 1.54) is 11.3 Å². The zero-order valence-corrected chi connectivity index (χ0v) is 15.0. The van der Waals surface area contributed by atoms with Crippen molar-refractivity contribution in [1.82, 2.24) is 15.3 Å². The van der Waals surface area contributed by atoms with E-state index >= 15 is 0 Å². The first-order chi connectivity index (χ1) is 11.9. The number of nitrogens with two attached hydrogens (primary N) is 1. The normalized spacial score (nSPS) is 15.7. The molecule has 0 radical (unpaired) electrons. The molecule has 0 aliphatic carbocycles. The van der Waals surface area contributed by atoms with Gasteiger partial charge in [0.25, 0.3) is 5.91 Å². The lowest BCUT2D eigenvalue weighted by Gasteiger charge is -2.17. The van der Waals surface area contributed by atoms with E-state index in [4.69, 9.17) is 5.73 Å². The van der Waals surface area contributed by atoms with Crippen molar-refractivity contribution in [3.63, 3.8) is 0 Å². The van der Waals surface area contributed by atoms with Crippen molar-refractivity contribution in [3.05, 3.63) is 10.9 Å². The van der Waals surface area contributed by atoms with Crippen molar-refractivity contribution in [2.45, 2.75) is 32.7 Å². The van der Waals surface area contributed by atoms with Crippen molar-refractivity contribution in [1.29, 1.82) is 0 Å². The number of aromatic nitrogens is 2. The van der Waals surface area contributed by atoms with Gasteiger partial charge in [-0.05, 0) is 24.8 Å². The summed E-state index contributed by atoms with van der Waals surface area (Å²) in [7, 11) is 0. The zero-order valence-electron chi connectivity index (χ0n) is 14.2. The number of hydrogen-bond donors (Lipinski definition) is 3. The number of rotatable bonds is 5. The number of carboxylic acid groups (broad SMARTS) is 1. The van der Waals surface area contributed by atoms with Crippen molar-refractivity contribution >= 4 is 45.2 Å². The molecule has 25 heavy (non-hydrogen) atoms. The molecule has 1 amide bonds. The monoisotopic (exact) mass is 363 g/mol. The number of nitrogens with one attached hydrogen (secondary N) is 1. The number of fused-ring (bicyclic) bond motifs is 1. The lowest BCUT2D eigenvalue weighted by molar-refractivity contribution is -0.140. The number of carbonyl (C=O) groups excluding carboxylic acids is 1. The number of thiophene rings is 1. The van der Waals surface area contributed by atoms with Gasteiger partial charge in [-0.3, -0.25) is 4.79 Å². The Morgan fingerprint density at radius 2 is 2.00 bits per heavy atom. The Morgan fingerprint density at radius 3 is 2.60 bits per heavy atom. The van der Waals surface area contributed by atoms with Crippen LogP contribution in [0, 0.1) is 5.92 Å². The second-order valence-electron chi connectivity index (χ2n) is 6.46. The SMILES string of the molecule is CC(C)C(NC(=O)c1cc2c(N3CCCC3)nc(N)nc2s1)C(=O)O. The van der Waals surface area contributed by atoms with Crippen LogP contribution in [0.5, 0.6) is 0 Å². The summed E-state index contributed by atoms with van der Waals surface area (Å²) in [5.41, 5.74) is 5.82. The molecule has 1 atom stereocenters. The Kier molecular flexibility index (Phi) is 4.76. The highest BCUT2D eigenvalue weighted by molar-refractivity contribution is 7.20. The van der Waals surface area contributed by atoms with E-state index < -0.39 is 17.9 Å². The molecule has 1 saturated heterocycles. The Morgan fingerprint density at radius 1 is 1.32 bits per heavy atom. The van der Waals surface area contributed by atoms with Crippen LogP contribution in [0.25, 0.3) is 10.2 Å². The van der Waals surface area contributed by atoms with Gasteiger partial charge in [0.1, 0.15) is 16.7 Å². The first kappa shape index (κ1) is 17.4. The molecule has 1 unspecified atom stereocenters. The number of hydrogen-bond acceptors (Lipinski definition) is 7. The predicted octanol–water partition coefficient (Wildman–Crippen LogP) is 1.71. The van der Waals surface area contributed by atoms with E-state index in [-0.39, 0.29) is 11.9 Å². The van der Waals surface area contributed by atoms with Gasteiger partial charge in [0.05, 0.1) is 10.3 Å². The second-order valence-corrected chi connectivity index (χ2v) is 7.49. The maximum Gasteiger partial charge on any atom is 0.326 e. The van der Waals surface area contributed by atoms with Crippen LogP contribution in [-0.2, 0) is 4.79 Å². The minimum absolute atomic E-state index is 0.175. The van der Waals surface area contributed by atoms with Gasteiger partial charge >= 0.3 is 5.97 Å². The van der Waals surface area contributed by atoms with Crippen molar-refractivity contribution in [3.8, 4) is 0 Å². The molecule has 3 rings (SSSR count). The van der Waals surface area contributed by atoms with Crippen LogP contribution in [0.3, 0.4) is 0 Å². The van der Waals surface area contributed by atoms with Crippen molar-refractivity contribution in [2.75, 3.05) is 23.7 Å². The molecule has 1 aliphatic heterocycles. The fourth-order valence-electron chi connectivity index (χ4n) is 2.93. The molecule has 2 aromatic rings. The van der Waals surface area contributed by atoms with Gasteiger partial charge in [-0.1, -0.05) is 13.8 Å². The minimum Gasteiger partial charge on any atom is -0.480 e. The highest BCUT2D eigenvalue weighted by Gasteiger charge is 2.26.